The molecule has 1 atom stereocenters. The van der Waals surface area contributed by atoms with Gasteiger partial charge in [0.05, 0.1) is 19.8 Å². The predicted molar refractivity (Wildman–Crippen MR) is 130 cm³/mol. The third-order valence-corrected chi connectivity index (χ3v) is 8.84. The van der Waals surface area contributed by atoms with Gasteiger partial charge in [-0.05, 0) is 58.7 Å². The molecule has 158 valence electrons. The van der Waals surface area contributed by atoms with E-state index < -0.39 is 8.46 Å². The highest BCUT2D eigenvalue weighted by atomic mass is 32.1. The lowest BCUT2D eigenvalue weighted by Gasteiger charge is -2.37. The molecule has 0 aliphatic carbocycles. The van der Waals surface area contributed by atoms with Gasteiger partial charge in [-0.1, -0.05) is 52.0 Å². The molecule has 1 amide bonds. The van der Waals surface area contributed by atoms with Crippen molar-refractivity contribution in [2.75, 3.05) is 11.1 Å². The summed E-state index contributed by atoms with van der Waals surface area (Å²) in [6.07, 6.45) is 0. The molecular formula is C24H29N2O2PS. The van der Waals surface area contributed by atoms with Crippen LogP contribution >= 0.6 is 19.8 Å². The number of nitrogens with one attached hydrogen (secondary N) is 1. The molecule has 0 radical (unpaired) electrons. The minimum absolute atomic E-state index is 0.217. The van der Waals surface area contributed by atoms with Crippen LogP contribution in [-0.4, -0.2) is 5.91 Å². The number of anilines is 2. The Morgan fingerprint density at radius 3 is 2.23 bits per heavy atom. The molecule has 1 heterocycles. The van der Waals surface area contributed by atoms with Crippen molar-refractivity contribution in [1.82, 2.24) is 0 Å². The van der Waals surface area contributed by atoms with Crippen LogP contribution in [0, 0.1) is 11.8 Å². The number of carbonyl (C=O) groups is 1. The molecule has 1 unspecified atom stereocenters. The highest BCUT2D eigenvalue weighted by Crippen LogP contribution is 2.48. The van der Waals surface area contributed by atoms with Gasteiger partial charge in [0.1, 0.15) is 0 Å². The summed E-state index contributed by atoms with van der Waals surface area (Å²) >= 11 is 1.64. The zero-order chi connectivity index (χ0) is 21.9. The van der Waals surface area contributed by atoms with Crippen LogP contribution in [0.25, 0.3) is 10.4 Å². The smallest absolute Gasteiger partial charge is 0.255 e. The summed E-state index contributed by atoms with van der Waals surface area (Å²) in [5, 5.41) is 4.58. The molecule has 0 saturated heterocycles. The molecule has 6 heteroatoms. The van der Waals surface area contributed by atoms with Crippen LogP contribution in [0.15, 0.2) is 60.0 Å². The molecule has 0 spiro atoms. The Morgan fingerprint density at radius 2 is 1.70 bits per heavy atom. The van der Waals surface area contributed by atoms with Crippen LogP contribution in [0.2, 0.25) is 0 Å². The first-order chi connectivity index (χ1) is 14.3. The third-order valence-electron chi connectivity index (χ3n) is 5.86. The zero-order valence-corrected chi connectivity index (χ0v) is 19.8. The summed E-state index contributed by atoms with van der Waals surface area (Å²) in [6.45, 7) is 8.42. The highest BCUT2D eigenvalue weighted by molar-refractivity contribution is 7.25. The molecule has 30 heavy (non-hydrogen) atoms. The van der Waals surface area contributed by atoms with Crippen molar-refractivity contribution in [3.8, 4) is 10.4 Å². The van der Waals surface area contributed by atoms with Gasteiger partial charge in [-0.15, -0.1) is 11.3 Å². The van der Waals surface area contributed by atoms with E-state index in [0.717, 1.165) is 16.0 Å². The first-order valence-corrected chi connectivity index (χ1v) is 12.0. The van der Waals surface area contributed by atoms with Crippen molar-refractivity contribution in [3.63, 3.8) is 0 Å². The van der Waals surface area contributed by atoms with Gasteiger partial charge < -0.3 is 15.6 Å². The minimum atomic E-state index is -1.00. The second-order valence-corrected chi connectivity index (χ2v) is 10.3. The van der Waals surface area contributed by atoms with Crippen molar-refractivity contribution in [2.24, 2.45) is 11.8 Å². The highest BCUT2D eigenvalue weighted by Gasteiger charge is 2.38. The van der Waals surface area contributed by atoms with Crippen molar-refractivity contribution in [3.05, 3.63) is 71.1 Å². The second kappa shape index (κ2) is 9.20. The number of benzene rings is 2. The lowest BCUT2D eigenvalue weighted by atomic mass is 9.78. The number of hydrogen-bond donors (Lipinski definition) is 2. The first kappa shape index (κ1) is 22.3. The summed E-state index contributed by atoms with van der Waals surface area (Å²) in [6, 6.07) is 17.2. The lowest BCUT2D eigenvalue weighted by molar-refractivity contribution is 0.102. The Bertz CT molecular complexity index is 1020. The average Bonchev–Trinajstić information content (AvgIpc) is 3.25. The van der Waals surface area contributed by atoms with Gasteiger partial charge in [0, 0.05) is 15.6 Å². The summed E-state index contributed by atoms with van der Waals surface area (Å²) < 4.78 is 12.3. The third kappa shape index (κ3) is 4.23. The van der Waals surface area contributed by atoms with Gasteiger partial charge in [0.2, 0.25) is 0 Å². The Hall–Kier alpha value is -2.36. The van der Waals surface area contributed by atoms with Crippen LogP contribution in [-0.2, 0) is 9.72 Å². The van der Waals surface area contributed by atoms with Gasteiger partial charge in [0.25, 0.3) is 5.91 Å². The quantitative estimate of drug-likeness (QED) is 0.325. The zero-order valence-electron chi connectivity index (χ0n) is 17.8. The monoisotopic (exact) mass is 440 g/mol. The maximum absolute atomic E-state index is 12.8. The number of nitrogens with two attached hydrogens (primary N) is 1. The van der Waals surface area contributed by atoms with Gasteiger partial charge in [-0.25, -0.2) is 0 Å². The molecule has 0 fully saturated rings. The fraction of sp³-hybridized carbons (Fsp3) is 0.292. The predicted octanol–water partition coefficient (Wildman–Crippen LogP) is 6.51. The van der Waals surface area contributed by atoms with Gasteiger partial charge >= 0.3 is 0 Å². The maximum atomic E-state index is 12.8. The first-order valence-electron chi connectivity index (χ1n) is 10.1. The van der Waals surface area contributed by atoms with Gasteiger partial charge in [-0.3, -0.25) is 4.79 Å². The summed E-state index contributed by atoms with van der Waals surface area (Å²) in [5.74, 6) is 0.264. The normalized spacial score (nSPS) is 12.2. The molecular weight excluding hydrogens is 411 g/mol. The van der Waals surface area contributed by atoms with E-state index >= 15 is 0 Å². The van der Waals surface area contributed by atoms with Crippen molar-refractivity contribution < 1.29 is 9.36 Å². The standard InChI is InChI=1S/C24H29N2O2PS/c1-15(2)24(29-28,16(3)4)19-10-7-17(8-11-19)23(27)26-21-14-18(9-12-20(21)25)22-6-5-13-30-22/h5-16H,25,29H2,1-4H3,(H,26,27). The molecule has 2 aromatic carbocycles. The van der Waals surface area contributed by atoms with Crippen LogP contribution < -0.4 is 11.1 Å². The Morgan fingerprint density at radius 1 is 1.03 bits per heavy atom. The molecule has 1 aromatic heterocycles. The Kier molecular flexibility index (Phi) is 6.84. The lowest BCUT2D eigenvalue weighted by Crippen LogP contribution is -2.32. The largest absolute Gasteiger partial charge is 0.397 e. The molecule has 3 aromatic rings. The molecule has 3 N–H and O–H groups in total. The van der Waals surface area contributed by atoms with E-state index in [9.17, 15) is 9.36 Å². The Labute approximate surface area is 183 Å². The van der Waals surface area contributed by atoms with E-state index in [0.29, 0.717) is 16.9 Å². The van der Waals surface area contributed by atoms with E-state index in [4.69, 9.17) is 5.73 Å². The molecule has 0 aliphatic heterocycles. The van der Waals surface area contributed by atoms with Crippen LogP contribution in [0.4, 0.5) is 11.4 Å². The number of hydrogen-bond acceptors (Lipinski definition) is 4. The van der Waals surface area contributed by atoms with Crippen molar-refractivity contribution in [1.29, 1.82) is 0 Å². The van der Waals surface area contributed by atoms with E-state index in [1.807, 2.05) is 47.8 Å². The molecule has 3 rings (SSSR count). The maximum Gasteiger partial charge on any atom is 0.255 e. The average molecular weight is 441 g/mol. The van der Waals surface area contributed by atoms with E-state index in [2.05, 4.69) is 33.0 Å². The molecule has 0 bridgehead atoms. The molecule has 0 saturated carbocycles. The summed E-state index contributed by atoms with van der Waals surface area (Å²) in [7, 11) is -1.00. The van der Waals surface area contributed by atoms with Crippen molar-refractivity contribution in [2.45, 2.75) is 32.9 Å². The van der Waals surface area contributed by atoms with Crippen molar-refractivity contribution >= 4 is 37.1 Å². The fourth-order valence-corrected chi connectivity index (χ4v) is 5.64. The fourth-order valence-electron chi connectivity index (χ4n) is 4.04. The van der Waals surface area contributed by atoms with Crippen LogP contribution in [0.3, 0.4) is 0 Å². The summed E-state index contributed by atoms with van der Waals surface area (Å²) in [5.41, 5.74) is 9.79. The number of thiophene rings is 1. The number of rotatable bonds is 7. The topological polar surface area (TPSA) is 72.2 Å². The number of carbonyl (C=O) groups excluding carboxylic acids is 1. The minimum Gasteiger partial charge on any atom is -0.397 e. The van der Waals surface area contributed by atoms with E-state index in [-0.39, 0.29) is 22.9 Å². The van der Waals surface area contributed by atoms with Crippen LogP contribution in [0.5, 0.6) is 0 Å². The SMILES string of the molecule is CC(C)C([PH2]=O)(c1ccc(C(=O)Nc2cc(-c3cccs3)ccc2N)cc1)C(C)C. The van der Waals surface area contributed by atoms with Gasteiger partial charge in [-0.2, -0.15) is 0 Å². The molecule has 0 aliphatic rings. The number of nitrogen functional groups attached to an aromatic ring is 1. The molecule has 4 nitrogen and oxygen atoms in total. The second-order valence-electron chi connectivity index (χ2n) is 8.17. The van der Waals surface area contributed by atoms with Crippen LogP contribution in [0.1, 0.15) is 43.6 Å². The van der Waals surface area contributed by atoms with Gasteiger partial charge in [0.15, 0.2) is 0 Å². The van der Waals surface area contributed by atoms with E-state index in [1.165, 1.54) is 0 Å². The Balaban J connectivity index is 1.85. The number of amides is 1. The summed E-state index contributed by atoms with van der Waals surface area (Å²) in [4.78, 5) is 14.0. The van der Waals surface area contributed by atoms with E-state index in [1.54, 1.807) is 23.5 Å².